The number of hydrogen-bond donors (Lipinski definition) is 1. The maximum atomic E-state index is 12.3. The molecule has 150 valence electrons. The largest absolute Gasteiger partial charge is 0.497 e. The highest BCUT2D eigenvalue weighted by Crippen LogP contribution is 2.27. The molecule has 2 aromatic carbocycles. The van der Waals surface area contributed by atoms with Crippen molar-refractivity contribution in [2.45, 2.75) is 19.3 Å². The van der Waals surface area contributed by atoms with E-state index in [9.17, 15) is 4.79 Å². The van der Waals surface area contributed by atoms with Gasteiger partial charge in [0.1, 0.15) is 22.8 Å². The van der Waals surface area contributed by atoms with Gasteiger partial charge in [-0.3, -0.25) is 4.79 Å². The van der Waals surface area contributed by atoms with Crippen LogP contribution in [-0.2, 0) is 4.79 Å². The average molecular weight is 391 g/mol. The summed E-state index contributed by atoms with van der Waals surface area (Å²) in [5.74, 6) is 2.03. The van der Waals surface area contributed by atoms with E-state index in [-0.39, 0.29) is 12.5 Å². The van der Waals surface area contributed by atoms with Gasteiger partial charge in [-0.25, -0.2) is 4.98 Å². The molecule has 0 unspecified atom stereocenters. The Morgan fingerprint density at radius 2 is 1.90 bits per heavy atom. The molecule has 1 aliphatic rings. The Morgan fingerprint density at radius 1 is 1.07 bits per heavy atom. The summed E-state index contributed by atoms with van der Waals surface area (Å²) in [6.45, 7) is 1.97. The molecule has 0 bridgehead atoms. The SMILES string of the molecule is COc1cccc(NC(=O)COc2cccc3ccc(N4CCCCC4)nc23)c1. The lowest BCUT2D eigenvalue weighted by Crippen LogP contribution is -2.30. The van der Waals surface area contributed by atoms with Crippen molar-refractivity contribution < 1.29 is 14.3 Å². The van der Waals surface area contributed by atoms with Gasteiger partial charge < -0.3 is 19.7 Å². The summed E-state index contributed by atoms with van der Waals surface area (Å²) in [7, 11) is 1.59. The summed E-state index contributed by atoms with van der Waals surface area (Å²) in [6, 6.07) is 17.1. The van der Waals surface area contributed by atoms with Crippen LogP contribution in [0.25, 0.3) is 10.9 Å². The fourth-order valence-corrected chi connectivity index (χ4v) is 3.57. The number of rotatable bonds is 6. The molecule has 6 heteroatoms. The van der Waals surface area contributed by atoms with E-state index in [0.717, 1.165) is 29.8 Å². The van der Waals surface area contributed by atoms with Gasteiger partial charge in [0.25, 0.3) is 5.91 Å². The highest BCUT2D eigenvalue weighted by atomic mass is 16.5. The maximum Gasteiger partial charge on any atom is 0.262 e. The number of carbonyl (C=O) groups is 1. The molecule has 1 saturated heterocycles. The Labute approximate surface area is 170 Å². The Kier molecular flexibility index (Phi) is 5.79. The van der Waals surface area contributed by atoms with Crippen LogP contribution in [0.15, 0.2) is 54.6 Å². The molecule has 0 spiro atoms. The Balaban J connectivity index is 1.47. The number of para-hydroxylation sites is 1. The number of carbonyl (C=O) groups excluding carboxylic acids is 1. The standard InChI is InChI=1S/C23H25N3O3/c1-28-19-9-6-8-18(15-19)24-22(27)16-29-20-10-5-7-17-11-12-21(25-23(17)20)26-13-3-2-4-14-26/h5-12,15H,2-4,13-14,16H2,1H3,(H,24,27). The zero-order valence-electron chi connectivity index (χ0n) is 16.6. The van der Waals surface area contributed by atoms with Crippen molar-refractivity contribution in [3.8, 4) is 11.5 Å². The maximum absolute atomic E-state index is 12.3. The number of nitrogens with one attached hydrogen (secondary N) is 1. The van der Waals surface area contributed by atoms with Crippen LogP contribution >= 0.6 is 0 Å². The van der Waals surface area contributed by atoms with Gasteiger partial charge in [-0.05, 0) is 49.6 Å². The first-order chi connectivity index (χ1) is 14.2. The first kappa shape index (κ1) is 19.1. The first-order valence-electron chi connectivity index (χ1n) is 9.94. The third-order valence-corrected chi connectivity index (χ3v) is 5.06. The minimum atomic E-state index is -0.234. The van der Waals surface area contributed by atoms with Crippen LogP contribution < -0.4 is 19.7 Å². The zero-order chi connectivity index (χ0) is 20.1. The molecule has 2 heterocycles. The van der Waals surface area contributed by atoms with Crippen LogP contribution in [0.4, 0.5) is 11.5 Å². The number of hydrogen-bond acceptors (Lipinski definition) is 5. The van der Waals surface area contributed by atoms with E-state index in [2.05, 4.69) is 22.3 Å². The molecule has 0 radical (unpaired) electrons. The van der Waals surface area contributed by atoms with E-state index in [1.165, 1.54) is 19.3 Å². The van der Waals surface area contributed by atoms with Crippen molar-refractivity contribution in [1.29, 1.82) is 0 Å². The Morgan fingerprint density at radius 3 is 2.72 bits per heavy atom. The molecule has 1 fully saturated rings. The summed E-state index contributed by atoms with van der Waals surface area (Å²) in [5, 5.41) is 3.82. The molecule has 0 aliphatic carbocycles. The highest BCUT2D eigenvalue weighted by Gasteiger charge is 2.14. The number of ether oxygens (including phenoxy) is 2. The summed E-state index contributed by atoms with van der Waals surface area (Å²) in [6.07, 6.45) is 3.67. The van der Waals surface area contributed by atoms with E-state index in [1.807, 2.05) is 36.4 Å². The first-order valence-corrected chi connectivity index (χ1v) is 9.94. The van der Waals surface area contributed by atoms with E-state index >= 15 is 0 Å². The summed E-state index contributed by atoms with van der Waals surface area (Å²) in [4.78, 5) is 19.5. The minimum absolute atomic E-state index is 0.0913. The minimum Gasteiger partial charge on any atom is -0.497 e. The normalized spacial score (nSPS) is 13.9. The van der Waals surface area contributed by atoms with Gasteiger partial charge in [0, 0.05) is 30.2 Å². The number of aromatic nitrogens is 1. The molecule has 29 heavy (non-hydrogen) atoms. The topological polar surface area (TPSA) is 63.7 Å². The predicted molar refractivity (Wildman–Crippen MR) is 115 cm³/mol. The van der Waals surface area contributed by atoms with Crippen molar-refractivity contribution >= 4 is 28.3 Å². The van der Waals surface area contributed by atoms with Gasteiger partial charge in [-0.15, -0.1) is 0 Å². The van der Waals surface area contributed by atoms with Crippen molar-refractivity contribution in [1.82, 2.24) is 4.98 Å². The monoisotopic (exact) mass is 391 g/mol. The molecular weight excluding hydrogens is 366 g/mol. The quantitative estimate of drug-likeness (QED) is 0.681. The second-order valence-electron chi connectivity index (χ2n) is 7.11. The molecule has 6 nitrogen and oxygen atoms in total. The molecule has 4 rings (SSSR count). The number of nitrogens with zero attached hydrogens (tertiary/aromatic N) is 2. The third kappa shape index (κ3) is 4.59. The van der Waals surface area contributed by atoms with Crippen LogP contribution in [0.5, 0.6) is 11.5 Å². The lowest BCUT2D eigenvalue weighted by Gasteiger charge is -2.28. The van der Waals surface area contributed by atoms with Crippen molar-refractivity contribution in [3.63, 3.8) is 0 Å². The van der Waals surface area contributed by atoms with E-state index < -0.39 is 0 Å². The van der Waals surface area contributed by atoms with E-state index in [4.69, 9.17) is 14.5 Å². The Bertz CT molecular complexity index is 1000. The van der Waals surface area contributed by atoms with Crippen LogP contribution in [0.1, 0.15) is 19.3 Å². The van der Waals surface area contributed by atoms with Crippen LogP contribution in [0.3, 0.4) is 0 Å². The second-order valence-corrected chi connectivity index (χ2v) is 7.11. The number of methoxy groups -OCH3 is 1. The molecule has 3 aromatic rings. The third-order valence-electron chi connectivity index (χ3n) is 5.06. The molecule has 1 aliphatic heterocycles. The van der Waals surface area contributed by atoms with Gasteiger partial charge in [0.05, 0.1) is 7.11 Å². The number of benzene rings is 2. The predicted octanol–water partition coefficient (Wildman–Crippen LogP) is 4.25. The lowest BCUT2D eigenvalue weighted by molar-refractivity contribution is -0.118. The second kappa shape index (κ2) is 8.82. The summed E-state index contributed by atoms with van der Waals surface area (Å²) in [5.41, 5.74) is 1.45. The molecule has 0 atom stereocenters. The van der Waals surface area contributed by atoms with Crippen LogP contribution in [-0.4, -0.2) is 37.7 Å². The number of amides is 1. The molecule has 1 amide bonds. The van der Waals surface area contributed by atoms with E-state index in [0.29, 0.717) is 17.2 Å². The van der Waals surface area contributed by atoms with Gasteiger partial charge >= 0.3 is 0 Å². The van der Waals surface area contributed by atoms with Crippen molar-refractivity contribution in [2.24, 2.45) is 0 Å². The Hall–Kier alpha value is -3.28. The zero-order valence-corrected chi connectivity index (χ0v) is 16.6. The number of fused-ring (bicyclic) bond motifs is 1. The average Bonchev–Trinajstić information content (AvgIpc) is 2.78. The van der Waals surface area contributed by atoms with Crippen LogP contribution in [0, 0.1) is 0 Å². The van der Waals surface area contributed by atoms with Gasteiger partial charge in [-0.1, -0.05) is 18.2 Å². The van der Waals surface area contributed by atoms with Gasteiger partial charge in [0.2, 0.25) is 0 Å². The highest BCUT2D eigenvalue weighted by molar-refractivity contribution is 5.92. The van der Waals surface area contributed by atoms with Crippen LogP contribution in [0.2, 0.25) is 0 Å². The van der Waals surface area contributed by atoms with Crippen molar-refractivity contribution in [2.75, 3.05) is 37.0 Å². The smallest absolute Gasteiger partial charge is 0.262 e. The number of pyridine rings is 1. The van der Waals surface area contributed by atoms with Crippen molar-refractivity contribution in [3.05, 3.63) is 54.6 Å². The molecule has 0 saturated carbocycles. The fourth-order valence-electron chi connectivity index (χ4n) is 3.57. The molecular formula is C23H25N3O3. The van der Waals surface area contributed by atoms with Gasteiger partial charge in [-0.2, -0.15) is 0 Å². The summed E-state index contributed by atoms with van der Waals surface area (Å²) >= 11 is 0. The summed E-state index contributed by atoms with van der Waals surface area (Å²) < 4.78 is 11.0. The lowest BCUT2D eigenvalue weighted by atomic mass is 10.1. The molecule has 1 aromatic heterocycles. The van der Waals surface area contributed by atoms with Gasteiger partial charge in [0.15, 0.2) is 6.61 Å². The number of piperidine rings is 1. The number of anilines is 2. The fraction of sp³-hybridized carbons (Fsp3) is 0.304. The van der Waals surface area contributed by atoms with E-state index in [1.54, 1.807) is 13.2 Å². The molecule has 1 N–H and O–H groups in total.